The molecule has 0 aliphatic carbocycles. The van der Waals surface area contributed by atoms with Gasteiger partial charge in [-0.1, -0.05) is 20.8 Å². The van der Waals surface area contributed by atoms with Gasteiger partial charge in [0.05, 0.1) is 5.01 Å². The van der Waals surface area contributed by atoms with E-state index in [0.29, 0.717) is 0 Å². The Bertz CT molecular complexity index is 506. The molecule has 2 N–H and O–H groups in total. The third-order valence-electron chi connectivity index (χ3n) is 2.34. The van der Waals surface area contributed by atoms with Crippen LogP contribution in [-0.2, 0) is 5.41 Å². The van der Waals surface area contributed by atoms with Crippen molar-refractivity contribution in [3.8, 4) is 10.7 Å². The zero-order valence-electron chi connectivity index (χ0n) is 10.5. The quantitative estimate of drug-likeness (QED) is 0.904. The first-order valence-electron chi connectivity index (χ1n) is 5.55. The minimum absolute atomic E-state index is 0.0435. The fraction of sp³-hybridized carbons (Fsp3) is 0.500. The van der Waals surface area contributed by atoms with Crippen LogP contribution < -0.4 is 5.73 Å². The predicted octanol–water partition coefficient (Wildman–Crippen LogP) is 3.58. The minimum Gasteiger partial charge on any atom is -0.323 e. The van der Waals surface area contributed by atoms with Crippen molar-refractivity contribution in [1.29, 1.82) is 0 Å². The van der Waals surface area contributed by atoms with Crippen LogP contribution >= 0.6 is 22.7 Å². The van der Waals surface area contributed by atoms with Gasteiger partial charge >= 0.3 is 0 Å². The van der Waals surface area contributed by atoms with E-state index in [4.69, 9.17) is 5.73 Å². The largest absolute Gasteiger partial charge is 0.323 e. The summed E-state index contributed by atoms with van der Waals surface area (Å²) in [7, 11) is 0. The van der Waals surface area contributed by atoms with E-state index in [0.717, 1.165) is 20.6 Å². The Morgan fingerprint density at radius 3 is 2.53 bits per heavy atom. The Morgan fingerprint density at radius 2 is 2.06 bits per heavy atom. The zero-order valence-corrected chi connectivity index (χ0v) is 12.2. The van der Waals surface area contributed by atoms with Crippen LogP contribution in [0.5, 0.6) is 0 Å². The molecule has 2 aromatic heterocycles. The van der Waals surface area contributed by atoms with Gasteiger partial charge in [-0.05, 0) is 6.92 Å². The minimum atomic E-state index is 0.0435. The lowest BCUT2D eigenvalue weighted by Gasteiger charge is -2.13. The van der Waals surface area contributed by atoms with E-state index in [1.807, 2.05) is 13.1 Å². The first-order chi connectivity index (χ1) is 7.88. The number of aromatic nitrogens is 2. The SMILES string of the molecule is CC(N)c1cnc(-c2csc(C(C)(C)C)n2)s1. The highest BCUT2D eigenvalue weighted by Crippen LogP contribution is 2.32. The van der Waals surface area contributed by atoms with Gasteiger partial charge < -0.3 is 5.73 Å². The Morgan fingerprint density at radius 1 is 1.35 bits per heavy atom. The first-order valence-corrected chi connectivity index (χ1v) is 7.25. The maximum atomic E-state index is 5.83. The second-order valence-corrected chi connectivity index (χ2v) is 7.06. The fourth-order valence-corrected chi connectivity index (χ4v) is 3.13. The number of nitrogens with two attached hydrogens (primary N) is 1. The number of thiazole rings is 2. The molecule has 0 saturated heterocycles. The second-order valence-electron chi connectivity index (χ2n) is 5.14. The maximum Gasteiger partial charge on any atom is 0.142 e. The molecule has 2 heterocycles. The van der Waals surface area contributed by atoms with E-state index < -0.39 is 0 Å². The lowest BCUT2D eigenvalue weighted by Crippen LogP contribution is -2.10. The maximum absolute atomic E-state index is 5.83. The molecule has 0 bridgehead atoms. The van der Waals surface area contributed by atoms with Gasteiger partial charge in [-0.15, -0.1) is 22.7 Å². The van der Waals surface area contributed by atoms with Gasteiger partial charge in [-0.3, -0.25) is 0 Å². The average molecular weight is 267 g/mol. The molecule has 2 aromatic rings. The first kappa shape index (κ1) is 12.7. The lowest BCUT2D eigenvalue weighted by molar-refractivity contribution is 0.586. The van der Waals surface area contributed by atoms with Crippen LogP contribution in [0.3, 0.4) is 0 Å². The summed E-state index contributed by atoms with van der Waals surface area (Å²) in [6.45, 7) is 8.49. The van der Waals surface area contributed by atoms with Gasteiger partial charge in [0, 0.05) is 27.9 Å². The van der Waals surface area contributed by atoms with E-state index in [9.17, 15) is 0 Å². The van der Waals surface area contributed by atoms with Crippen LogP contribution in [-0.4, -0.2) is 9.97 Å². The molecule has 0 spiro atoms. The summed E-state index contributed by atoms with van der Waals surface area (Å²) in [5.41, 5.74) is 6.90. The Kier molecular flexibility index (Phi) is 3.34. The summed E-state index contributed by atoms with van der Waals surface area (Å²) in [6.07, 6.45) is 1.85. The zero-order chi connectivity index (χ0) is 12.6. The lowest BCUT2D eigenvalue weighted by atomic mass is 9.98. The smallest absolute Gasteiger partial charge is 0.142 e. The van der Waals surface area contributed by atoms with Crippen LogP contribution in [0.25, 0.3) is 10.7 Å². The highest BCUT2D eigenvalue weighted by molar-refractivity contribution is 7.15. The molecule has 0 aromatic carbocycles. The summed E-state index contributed by atoms with van der Waals surface area (Å²) in [5, 5.41) is 4.18. The van der Waals surface area contributed by atoms with Crippen LogP contribution in [0.2, 0.25) is 0 Å². The van der Waals surface area contributed by atoms with Crippen molar-refractivity contribution in [2.24, 2.45) is 5.73 Å². The molecule has 0 amide bonds. The molecular weight excluding hydrogens is 250 g/mol. The van der Waals surface area contributed by atoms with Crippen LogP contribution in [0.15, 0.2) is 11.6 Å². The molecule has 0 radical (unpaired) electrons. The average Bonchev–Trinajstić information content (AvgIpc) is 2.85. The number of rotatable bonds is 2. The molecule has 2 rings (SSSR count). The van der Waals surface area contributed by atoms with E-state index in [1.165, 1.54) is 0 Å². The topological polar surface area (TPSA) is 51.8 Å². The number of hydrogen-bond acceptors (Lipinski definition) is 5. The summed E-state index contributed by atoms with van der Waals surface area (Å²) < 4.78 is 0. The fourth-order valence-electron chi connectivity index (χ4n) is 1.33. The van der Waals surface area contributed by atoms with Crippen LogP contribution in [0.4, 0.5) is 0 Å². The normalized spacial score (nSPS) is 13.9. The third-order valence-corrected chi connectivity index (χ3v) is 4.83. The molecule has 1 atom stereocenters. The standard InChI is InChI=1S/C12H17N3S2/c1-7(13)9-5-14-10(17-9)8-6-16-11(15-8)12(2,3)4/h5-7H,13H2,1-4H3. The van der Waals surface area contributed by atoms with Crippen molar-refractivity contribution in [2.45, 2.75) is 39.2 Å². The van der Waals surface area contributed by atoms with Gasteiger partial charge in [0.1, 0.15) is 10.7 Å². The van der Waals surface area contributed by atoms with Crippen molar-refractivity contribution in [1.82, 2.24) is 9.97 Å². The van der Waals surface area contributed by atoms with Crippen LogP contribution in [0.1, 0.15) is 43.6 Å². The molecule has 0 aliphatic heterocycles. The third kappa shape index (κ3) is 2.73. The van der Waals surface area contributed by atoms with E-state index in [2.05, 4.69) is 36.1 Å². The molecule has 0 saturated carbocycles. The van der Waals surface area contributed by atoms with Gasteiger partial charge in [-0.2, -0.15) is 0 Å². The Hall–Kier alpha value is -0.780. The predicted molar refractivity (Wildman–Crippen MR) is 74.5 cm³/mol. The molecule has 5 heteroatoms. The van der Waals surface area contributed by atoms with Gasteiger partial charge in [0.15, 0.2) is 0 Å². The summed E-state index contributed by atoms with van der Waals surface area (Å²) in [4.78, 5) is 10.1. The molecular formula is C12H17N3S2. The summed E-state index contributed by atoms with van der Waals surface area (Å²) >= 11 is 3.32. The monoisotopic (exact) mass is 267 g/mol. The van der Waals surface area contributed by atoms with Crippen molar-refractivity contribution in [3.05, 3.63) is 21.5 Å². The van der Waals surface area contributed by atoms with Gasteiger partial charge in [-0.25, -0.2) is 9.97 Å². The molecule has 0 aliphatic rings. The van der Waals surface area contributed by atoms with Gasteiger partial charge in [0.25, 0.3) is 0 Å². The van der Waals surface area contributed by atoms with E-state index >= 15 is 0 Å². The van der Waals surface area contributed by atoms with E-state index in [-0.39, 0.29) is 11.5 Å². The molecule has 92 valence electrons. The Balaban J connectivity index is 2.31. The molecule has 1 unspecified atom stereocenters. The second kappa shape index (κ2) is 4.48. The van der Waals surface area contributed by atoms with Crippen molar-refractivity contribution in [3.63, 3.8) is 0 Å². The molecule has 17 heavy (non-hydrogen) atoms. The highest BCUT2D eigenvalue weighted by atomic mass is 32.1. The van der Waals surface area contributed by atoms with Crippen molar-refractivity contribution in [2.75, 3.05) is 0 Å². The van der Waals surface area contributed by atoms with Crippen molar-refractivity contribution >= 4 is 22.7 Å². The molecule has 0 fully saturated rings. The number of hydrogen-bond donors (Lipinski definition) is 1. The summed E-state index contributed by atoms with van der Waals surface area (Å²) in [6, 6.07) is 0.0435. The van der Waals surface area contributed by atoms with Gasteiger partial charge in [0.2, 0.25) is 0 Å². The highest BCUT2D eigenvalue weighted by Gasteiger charge is 2.19. The number of nitrogens with zero attached hydrogens (tertiary/aromatic N) is 2. The van der Waals surface area contributed by atoms with E-state index in [1.54, 1.807) is 22.7 Å². The Labute approximate surface area is 110 Å². The van der Waals surface area contributed by atoms with Crippen LogP contribution in [0, 0.1) is 0 Å². The summed E-state index contributed by atoms with van der Waals surface area (Å²) in [5.74, 6) is 0. The molecule has 3 nitrogen and oxygen atoms in total. The van der Waals surface area contributed by atoms with Crippen molar-refractivity contribution < 1.29 is 0 Å².